The average Bonchev–Trinajstić information content (AvgIpc) is 3.06. The van der Waals surface area contributed by atoms with E-state index in [-0.39, 0.29) is 18.5 Å². The molecule has 0 unspecified atom stereocenters. The van der Waals surface area contributed by atoms with Crippen LogP contribution >= 0.6 is 0 Å². The van der Waals surface area contributed by atoms with Gasteiger partial charge >= 0.3 is 11.9 Å². The molecule has 0 aromatic heterocycles. The zero-order valence-electron chi connectivity index (χ0n) is 31.7. The SMILES string of the molecule is CCCCC/C=C\C/C=C\CCCCCCCC(=O)O[C@@H](CO)[C@H](CN(C)C)OC(=O)CCCCCCC/C=C\C/C=C\CCCCC. The van der Waals surface area contributed by atoms with Gasteiger partial charge in [-0.3, -0.25) is 9.59 Å². The Bertz CT molecular complexity index is 847. The lowest BCUT2D eigenvalue weighted by Gasteiger charge is -2.28. The first-order valence-electron chi connectivity index (χ1n) is 19.7. The number of esters is 2. The van der Waals surface area contributed by atoms with Crippen molar-refractivity contribution in [3.8, 4) is 0 Å². The van der Waals surface area contributed by atoms with Crippen LogP contribution in [0.2, 0.25) is 0 Å². The Labute approximate surface area is 296 Å². The van der Waals surface area contributed by atoms with Crippen LogP contribution in [-0.4, -0.2) is 61.4 Å². The van der Waals surface area contributed by atoms with Crippen molar-refractivity contribution in [3.05, 3.63) is 48.6 Å². The van der Waals surface area contributed by atoms with Crippen molar-refractivity contribution in [2.45, 2.75) is 180 Å². The number of nitrogens with zero attached hydrogens (tertiary/aromatic N) is 1. The standard InChI is InChI=1S/C42H75NO5/c1-5-7-9-11-13-15-17-19-21-23-25-27-29-31-33-35-41(45)47-39(37-43(3)4)40(38-44)48-42(46)36-34-32-30-28-26-24-22-20-18-16-14-12-10-8-6-2/h13-16,19-22,39-40,44H,5-12,17-18,23-38H2,1-4H3/b15-13-,16-14-,21-19-,22-20-/t39-,40-/m0/s1. The Morgan fingerprint density at radius 1 is 0.521 bits per heavy atom. The van der Waals surface area contributed by atoms with Crippen LogP contribution in [0.1, 0.15) is 168 Å². The van der Waals surface area contributed by atoms with Crippen LogP contribution in [0.4, 0.5) is 0 Å². The predicted octanol–water partition coefficient (Wildman–Crippen LogP) is 11.0. The number of ether oxygens (including phenoxy) is 2. The molecule has 0 aliphatic heterocycles. The molecule has 48 heavy (non-hydrogen) atoms. The molecule has 0 fully saturated rings. The van der Waals surface area contributed by atoms with Gasteiger partial charge in [-0.15, -0.1) is 0 Å². The van der Waals surface area contributed by atoms with Crippen LogP contribution in [0.5, 0.6) is 0 Å². The molecule has 0 aliphatic rings. The highest BCUT2D eigenvalue weighted by atomic mass is 16.6. The molecule has 0 saturated heterocycles. The summed E-state index contributed by atoms with van der Waals surface area (Å²) in [4.78, 5) is 27.0. The molecule has 0 spiro atoms. The minimum absolute atomic E-state index is 0.296. The largest absolute Gasteiger partial charge is 0.457 e. The number of unbranched alkanes of at least 4 members (excludes halogenated alkanes) is 16. The lowest BCUT2D eigenvalue weighted by atomic mass is 10.1. The van der Waals surface area contributed by atoms with E-state index in [1.165, 1.54) is 64.2 Å². The third kappa shape index (κ3) is 32.4. The van der Waals surface area contributed by atoms with Gasteiger partial charge in [-0.25, -0.2) is 0 Å². The van der Waals surface area contributed by atoms with Gasteiger partial charge in [0.15, 0.2) is 12.2 Å². The Balaban J connectivity index is 4.10. The van der Waals surface area contributed by atoms with Crippen molar-refractivity contribution in [1.29, 1.82) is 0 Å². The number of carbonyl (C=O) groups excluding carboxylic acids is 2. The second kappa shape index (κ2) is 36.1. The van der Waals surface area contributed by atoms with Crippen LogP contribution in [-0.2, 0) is 19.1 Å². The number of likely N-dealkylation sites (N-methyl/N-ethyl adjacent to an activating group) is 1. The van der Waals surface area contributed by atoms with Gasteiger partial charge in [0.05, 0.1) is 6.61 Å². The number of aliphatic hydroxyl groups is 1. The van der Waals surface area contributed by atoms with Crippen molar-refractivity contribution in [2.75, 3.05) is 27.2 Å². The molecule has 1 N–H and O–H groups in total. The van der Waals surface area contributed by atoms with Gasteiger partial charge in [-0.05, 0) is 91.1 Å². The van der Waals surface area contributed by atoms with Crippen molar-refractivity contribution < 1.29 is 24.2 Å². The molecule has 0 radical (unpaired) electrons. The smallest absolute Gasteiger partial charge is 0.306 e. The fourth-order valence-electron chi connectivity index (χ4n) is 5.44. The summed E-state index contributed by atoms with van der Waals surface area (Å²) < 4.78 is 11.3. The highest BCUT2D eigenvalue weighted by Gasteiger charge is 2.28. The molecule has 6 nitrogen and oxygen atoms in total. The maximum Gasteiger partial charge on any atom is 0.306 e. The minimum Gasteiger partial charge on any atom is -0.457 e. The molecule has 0 bridgehead atoms. The van der Waals surface area contributed by atoms with Crippen molar-refractivity contribution in [3.63, 3.8) is 0 Å². The van der Waals surface area contributed by atoms with Gasteiger partial charge < -0.3 is 19.5 Å². The summed E-state index contributed by atoms with van der Waals surface area (Å²) in [7, 11) is 3.75. The van der Waals surface area contributed by atoms with Crippen molar-refractivity contribution in [1.82, 2.24) is 4.90 Å². The van der Waals surface area contributed by atoms with Crippen molar-refractivity contribution >= 4 is 11.9 Å². The molecule has 0 aromatic rings. The second-order valence-corrected chi connectivity index (χ2v) is 13.5. The zero-order chi connectivity index (χ0) is 35.3. The van der Waals surface area contributed by atoms with E-state index in [4.69, 9.17) is 9.47 Å². The van der Waals surface area contributed by atoms with Crippen molar-refractivity contribution in [2.24, 2.45) is 0 Å². The van der Waals surface area contributed by atoms with Crippen LogP contribution in [0.15, 0.2) is 48.6 Å². The summed E-state index contributed by atoms with van der Waals surface area (Å²) in [5.74, 6) is -0.635. The minimum atomic E-state index is -0.855. The highest BCUT2D eigenvalue weighted by Crippen LogP contribution is 2.14. The molecule has 6 heteroatoms. The van der Waals surface area contributed by atoms with Gasteiger partial charge in [0.1, 0.15) is 0 Å². The van der Waals surface area contributed by atoms with Gasteiger partial charge in [-0.2, -0.15) is 0 Å². The van der Waals surface area contributed by atoms with Crippen LogP contribution in [0.25, 0.3) is 0 Å². The molecule has 0 saturated carbocycles. The van der Waals surface area contributed by atoms with Gasteiger partial charge in [0.2, 0.25) is 0 Å². The molecular formula is C42H75NO5. The van der Waals surface area contributed by atoms with E-state index >= 15 is 0 Å². The van der Waals surface area contributed by atoms with E-state index in [1.54, 1.807) is 0 Å². The van der Waals surface area contributed by atoms with E-state index in [0.717, 1.165) is 77.0 Å². The lowest BCUT2D eigenvalue weighted by molar-refractivity contribution is -0.172. The Morgan fingerprint density at radius 3 is 1.25 bits per heavy atom. The van der Waals surface area contributed by atoms with E-state index < -0.39 is 12.2 Å². The van der Waals surface area contributed by atoms with Crippen LogP contribution in [0.3, 0.4) is 0 Å². The quantitative estimate of drug-likeness (QED) is 0.0416. The number of hydrogen-bond donors (Lipinski definition) is 1. The fourth-order valence-corrected chi connectivity index (χ4v) is 5.44. The summed E-state index contributed by atoms with van der Waals surface area (Å²) in [5, 5.41) is 9.99. The number of allylic oxidation sites excluding steroid dienone is 8. The molecule has 0 aromatic carbocycles. The van der Waals surface area contributed by atoms with Crippen LogP contribution < -0.4 is 0 Å². The first-order valence-corrected chi connectivity index (χ1v) is 19.7. The zero-order valence-corrected chi connectivity index (χ0v) is 31.7. The molecule has 2 atom stereocenters. The molecule has 0 rings (SSSR count). The van der Waals surface area contributed by atoms with E-state index in [2.05, 4.69) is 62.5 Å². The fraction of sp³-hybridized carbons (Fsp3) is 0.762. The molecular weight excluding hydrogens is 598 g/mol. The maximum atomic E-state index is 12.6. The Kier molecular flexibility index (Phi) is 34.5. The number of hydrogen-bond acceptors (Lipinski definition) is 6. The first-order chi connectivity index (χ1) is 23.4. The number of carbonyl (C=O) groups is 2. The molecule has 0 aliphatic carbocycles. The summed E-state index contributed by atoms with van der Waals surface area (Å²) in [5.41, 5.74) is 0. The van der Waals surface area contributed by atoms with Gasteiger partial charge in [-0.1, -0.05) is 127 Å². The lowest BCUT2D eigenvalue weighted by Crippen LogP contribution is -2.44. The Hall–Kier alpha value is -2.18. The number of aliphatic hydroxyl groups excluding tert-OH is 1. The topological polar surface area (TPSA) is 76.1 Å². The summed E-state index contributed by atoms with van der Waals surface area (Å²) in [6, 6.07) is 0. The summed E-state index contributed by atoms with van der Waals surface area (Å²) in [6.45, 7) is 4.48. The van der Waals surface area contributed by atoms with E-state index in [1.807, 2.05) is 19.0 Å². The first kappa shape index (κ1) is 45.8. The Morgan fingerprint density at radius 2 is 0.875 bits per heavy atom. The second-order valence-electron chi connectivity index (χ2n) is 13.5. The van der Waals surface area contributed by atoms with Gasteiger partial charge in [0, 0.05) is 19.4 Å². The molecule has 278 valence electrons. The van der Waals surface area contributed by atoms with E-state index in [9.17, 15) is 14.7 Å². The van der Waals surface area contributed by atoms with Crippen LogP contribution in [0, 0.1) is 0 Å². The normalized spacial score (nSPS) is 13.5. The molecule has 0 heterocycles. The van der Waals surface area contributed by atoms with Gasteiger partial charge in [0.25, 0.3) is 0 Å². The summed E-state index contributed by atoms with van der Waals surface area (Å²) >= 11 is 0. The third-order valence-electron chi connectivity index (χ3n) is 8.37. The van der Waals surface area contributed by atoms with E-state index in [0.29, 0.717) is 19.4 Å². The third-order valence-corrected chi connectivity index (χ3v) is 8.37. The maximum absolute atomic E-state index is 12.6. The predicted molar refractivity (Wildman–Crippen MR) is 204 cm³/mol. The average molecular weight is 674 g/mol. The highest BCUT2D eigenvalue weighted by molar-refractivity contribution is 5.70. The molecule has 0 amide bonds. The monoisotopic (exact) mass is 674 g/mol. The summed E-state index contributed by atoms with van der Waals surface area (Å²) in [6.07, 6.45) is 42.1. The number of rotatable bonds is 34.